The first-order valence-electron chi connectivity index (χ1n) is 13.4. The highest BCUT2D eigenvalue weighted by Gasteiger charge is 2.48. The fourth-order valence-corrected chi connectivity index (χ4v) is 5.91. The van der Waals surface area contributed by atoms with Crippen molar-refractivity contribution >= 4 is 7.82 Å². The molecule has 0 spiro atoms. The first-order valence-corrected chi connectivity index (χ1v) is 14.9. The summed E-state index contributed by atoms with van der Waals surface area (Å²) in [6.07, 6.45) is -18.8. The van der Waals surface area contributed by atoms with Gasteiger partial charge in [-0.1, -0.05) is 0 Å². The Morgan fingerprint density at radius 3 is 2.16 bits per heavy atom. The van der Waals surface area contributed by atoms with E-state index < -0.39 is 119 Å². The summed E-state index contributed by atoms with van der Waals surface area (Å²) in [5.41, 5.74) is -1.36. The Labute approximate surface area is 248 Å². The second-order valence-electron chi connectivity index (χ2n) is 10.5. The van der Waals surface area contributed by atoms with Crippen LogP contribution in [0.3, 0.4) is 0 Å². The summed E-state index contributed by atoms with van der Waals surface area (Å²) in [6.45, 7) is -0.650. The van der Waals surface area contributed by atoms with Gasteiger partial charge in [0.2, 0.25) is 0 Å². The number of aromatic amines is 1. The fourth-order valence-electron chi connectivity index (χ4n) is 4.95. The predicted molar refractivity (Wildman–Crippen MR) is 139 cm³/mol. The molecule has 3 fully saturated rings. The molecule has 0 aliphatic carbocycles. The van der Waals surface area contributed by atoms with Crippen LogP contribution in [0.5, 0.6) is 0 Å². The maximum Gasteiger partial charge on any atom is 0.472 e. The number of aliphatic hydroxyl groups is 7. The number of nitrogens with one attached hydrogen (secondary N) is 1. The lowest BCUT2D eigenvalue weighted by molar-refractivity contribution is -0.306. The highest BCUT2D eigenvalue weighted by molar-refractivity contribution is 7.47. The van der Waals surface area contributed by atoms with E-state index in [0.717, 1.165) is 11.7 Å². The molecule has 20 nitrogen and oxygen atoms in total. The van der Waals surface area contributed by atoms with Crippen molar-refractivity contribution < 1.29 is 77.9 Å². The van der Waals surface area contributed by atoms with Crippen molar-refractivity contribution in [1.29, 1.82) is 0 Å². The van der Waals surface area contributed by atoms with E-state index in [9.17, 15) is 54.8 Å². The van der Waals surface area contributed by atoms with Crippen molar-refractivity contribution in [3.05, 3.63) is 32.6 Å². The summed E-state index contributed by atoms with van der Waals surface area (Å²) in [7, 11) is -3.87. The Kier molecular flexibility index (Phi) is 11.5. The van der Waals surface area contributed by atoms with E-state index >= 15 is 0 Å². The molecular weight excluding hydrogens is 623 g/mol. The zero-order valence-electron chi connectivity index (χ0n) is 23.5. The van der Waals surface area contributed by atoms with Gasteiger partial charge in [-0.15, -0.1) is 0 Å². The van der Waals surface area contributed by atoms with Crippen molar-refractivity contribution in [1.82, 2.24) is 9.55 Å². The van der Waals surface area contributed by atoms with Crippen LogP contribution >= 0.6 is 7.82 Å². The molecule has 0 radical (unpaired) electrons. The molecule has 0 bridgehead atoms. The van der Waals surface area contributed by atoms with Gasteiger partial charge in [-0.25, -0.2) is 9.36 Å². The van der Waals surface area contributed by atoms with Gasteiger partial charge in [0.1, 0.15) is 67.3 Å². The van der Waals surface area contributed by atoms with Gasteiger partial charge >= 0.3 is 13.5 Å². The monoisotopic (exact) mass is 660 g/mol. The molecule has 3 aliphatic rings. The SMILES string of the molecule is CO[C@H]1O[C@H](COP(=O)(O)O[C@H]2C[C@H](n3cc(C)c(=O)[nH]c3=O)O[C@@H]2CO[C@@H]2O[C@H](CO)[C@@H](O)[C@H](O)[C@H]2O)[C@@H](O)[C@H](O)[C@H]1O. The quantitative estimate of drug-likeness (QED) is 0.100. The predicted octanol–water partition coefficient (Wildman–Crippen LogP) is -5.09. The number of H-pyrrole nitrogens is 1. The van der Waals surface area contributed by atoms with Crippen molar-refractivity contribution in [2.75, 3.05) is 26.9 Å². The van der Waals surface area contributed by atoms with Gasteiger partial charge in [0, 0.05) is 25.3 Å². The lowest BCUT2D eigenvalue weighted by Crippen LogP contribution is -2.59. The molecule has 3 saturated heterocycles. The molecule has 14 atom stereocenters. The van der Waals surface area contributed by atoms with Crippen LogP contribution in [0, 0.1) is 6.92 Å². The number of rotatable bonds is 11. The number of hydrogen-bond acceptors (Lipinski definition) is 17. The second-order valence-corrected chi connectivity index (χ2v) is 11.9. The third kappa shape index (κ3) is 7.64. The summed E-state index contributed by atoms with van der Waals surface area (Å²) < 4.78 is 51.1. The van der Waals surface area contributed by atoms with E-state index in [1.165, 1.54) is 13.1 Å². The summed E-state index contributed by atoms with van der Waals surface area (Å²) >= 11 is 0. The van der Waals surface area contributed by atoms with Gasteiger partial charge in [0.05, 0.1) is 19.8 Å². The van der Waals surface area contributed by atoms with E-state index in [-0.39, 0.29) is 12.0 Å². The minimum atomic E-state index is -5.03. The standard InChI is InChI=1S/C23H37N2O18P/c1-8-4-25(23(34)24-20(8)33)13-3-9(11(40-13)6-38-22-19(32)16(29)14(27)10(5-26)41-22)43-44(35,36)39-7-12-15(28)17(30)18(31)21(37-2)42-12/h4,9-19,21-22,26-32H,3,5-7H2,1-2H3,(H,35,36)(H,24,33,34)/t9-,10+,11+,12+,13+,14+,15+,16-,17-,18+,19+,21-,22+/m0/s1. The number of nitrogens with zero attached hydrogens (tertiary/aromatic N) is 1. The van der Waals surface area contributed by atoms with Crippen LogP contribution in [0.15, 0.2) is 15.8 Å². The lowest BCUT2D eigenvalue weighted by Gasteiger charge is -2.40. The molecule has 0 amide bonds. The fraction of sp³-hybridized carbons (Fsp3) is 0.826. The van der Waals surface area contributed by atoms with Crippen LogP contribution in [-0.4, -0.2) is 151 Å². The minimum Gasteiger partial charge on any atom is -0.394 e. The van der Waals surface area contributed by atoms with Crippen LogP contribution in [0.25, 0.3) is 0 Å². The Balaban J connectivity index is 1.48. The highest BCUT2D eigenvalue weighted by Crippen LogP contribution is 2.49. The molecule has 0 aromatic carbocycles. The Morgan fingerprint density at radius 1 is 0.909 bits per heavy atom. The Hall–Kier alpha value is -1.69. The van der Waals surface area contributed by atoms with E-state index in [1.54, 1.807) is 0 Å². The third-order valence-corrected chi connectivity index (χ3v) is 8.49. The number of aryl methyl sites for hydroxylation is 1. The third-order valence-electron chi connectivity index (χ3n) is 7.48. The summed E-state index contributed by atoms with van der Waals surface area (Å²) in [5, 5.41) is 69.8. The van der Waals surface area contributed by atoms with Crippen LogP contribution in [-0.2, 0) is 37.3 Å². The van der Waals surface area contributed by atoms with Crippen molar-refractivity contribution in [2.45, 2.75) is 93.2 Å². The number of hydrogen-bond donors (Lipinski definition) is 9. The summed E-state index contributed by atoms with van der Waals surface area (Å²) in [6, 6.07) is 0. The molecule has 44 heavy (non-hydrogen) atoms. The first-order chi connectivity index (χ1) is 20.7. The Morgan fingerprint density at radius 2 is 1.52 bits per heavy atom. The molecular formula is C23H37N2O18P. The lowest BCUT2D eigenvalue weighted by atomic mass is 9.99. The molecule has 9 N–H and O–H groups in total. The normalized spacial score (nSPS) is 41.0. The number of aliphatic hydroxyl groups excluding tert-OH is 7. The average Bonchev–Trinajstić information content (AvgIpc) is 3.37. The van der Waals surface area contributed by atoms with Gasteiger partial charge in [0.25, 0.3) is 5.56 Å². The van der Waals surface area contributed by atoms with E-state index in [2.05, 4.69) is 4.98 Å². The van der Waals surface area contributed by atoms with E-state index in [0.29, 0.717) is 0 Å². The van der Waals surface area contributed by atoms with Crippen molar-refractivity contribution in [3.8, 4) is 0 Å². The van der Waals surface area contributed by atoms with Gasteiger partial charge in [-0.2, -0.15) is 0 Å². The number of ether oxygens (including phenoxy) is 5. The molecule has 252 valence electrons. The molecule has 0 saturated carbocycles. The molecule has 4 heterocycles. The van der Waals surface area contributed by atoms with Crippen molar-refractivity contribution in [2.24, 2.45) is 0 Å². The first kappa shape index (κ1) is 35.2. The zero-order valence-corrected chi connectivity index (χ0v) is 24.4. The highest BCUT2D eigenvalue weighted by atomic mass is 31.2. The van der Waals surface area contributed by atoms with E-state index in [4.69, 9.17) is 32.7 Å². The summed E-state index contributed by atoms with van der Waals surface area (Å²) in [4.78, 5) is 36.9. The maximum absolute atomic E-state index is 13.0. The Bertz CT molecular complexity index is 1270. The average molecular weight is 661 g/mol. The van der Waals surface area contributed by atoms with Gasteiger partial charge in [-0.05, 0) is 6.92 Å². The molecule has 21 heteroatoms. The van der Waals surface area contributed by atoms with Gasteiger partial charge in [-0.3, -0.25) is 23.4 Å². The smallest absolute Gasteiger partial charge is 0.394 e. The van der Waals surface area contributed by atoms with Crippen LogP contribution < -0.4 is 11.2 Å². The largest absolute Gasteiger partial charge is 0.472 e. The zero-order chi connectivity index (χ0) is 32.5. The number of phosphoric ester groups is 1. The van der Waals surface area contributed by atoms with Crippen LogP contribution in [0.2, 0.25) is 0 Å². The van der Waals surface area contributed by atoms with E-state index in [1.807, 2.05) is 0 Å². The van der Waals surface area contributed by atoms with Crippen LogP contribution in [0.1, 0.15) is 18.2 Å². The number of aromatic nitrogens is 2. The van der Waals surface area contributed by atoms with Gasteiger partial charge < -0.3 is 64.3 Å². The molecule has 4 rings (SSSR count). The number of phosphoric acid groups is 1. The topological polar surface area (TPSA) is 298 Å². The maximum atomic E-state index is 13.0. The van der Waals surface area contributed by atoms with Crippen molar-refractivity contribution in [3.63, 3.8) is 0 Å². The van der Waals surface area contributed by atoms with Crippen LogP contribution in [0.4, 0.5) is 0 Å². The molecule has 1 aromatic heterocycles. The van der Waals surface area contributed by atoms with Gasteiger partial charge in [0.15, 0.2) is 12.6 Å². The molecule has 1 unspecified atom stereocenters. The minimum absolute atomic E-state index is 0.149. The second kappa shape index (κ2) is 14.4. The number of methoxy groups -OCH3 is 1. The summed E-state index contributed by atoms with van der Waals surface area (Å²) in [5.74, 6) is 0. The molecule has 3 aliphatic heterocycles. The molecule has 1 aromatic rings.